The van der Waals surface area contributed by atoms with E-state index >= 15 is 0 Å². The highest BCUT2D eigenvalue weighted by atomic mass is 32.2. The zero-order chi connectivity index (χ0) is 19.9. The summed E-state index contributed by atoms with van der Waals surface area (Å²) >= 11 is 2.83. The van der Waals surface area contributed by atoms with Gasteiger partial charge >= 0.3 is 5.97 Å². The molecule has 0 aliphatic carbocycles. The summed E-state index contributed by atoms with van der Waals surface area (Å²) in [6.45, 7) is 3.56. The molecule has 0 saturated carbocycles. The zero-order valence-corrected chi connectivity index (χ0v) is 17.5. The number of anilines is 1. The second-order valence-electron chi connectivity index (χ2n) is 6.76. The molecule has 8 heteroatoms. The lowest BCUT2D eigenvalue weighted by molar-refractivity contribution is -0.128. The van der Waals surface area contributed by atoms with E-state index in [9.17, 15) is 9.59 Å². The van der Waals surface area contributed by atoms with Gasteiger partial charge < -0.3 is 15.3 Å². The monoisotopic (exact) mass is 419 g/mol. The molecule has 1 aromatic carbocycles. The number of carboxylic acid groups (broad SMARTS) is 1. The number of aromatic nitrogens is 1. The van der Waals surface area contributed by atoms with Crippen LogP contribution in [0.25, 0.3) is 0 Å². The van der Waals surface area contributed by atoms with E-state index in [1.165, 1.54) is 28.7 Å². The van der Waals surface area contributed by atoms with Gasteiger partial charge in [-0.25, -0.2) is 9.78 Å². The molecule has 0 bridgehead atoms. The van der Waals surface area contributed by atoms with Crippen molar-refractivity contribution in [2.45, 2.75) is 43.0 Å². The molecule has 28 heavy (non-hydrogen) atoms. The molecule has 1 atom stereocenters. The molecule has 2 N–H and O–H groups in total. The average molecular weight is 420 g/mol. The Hall–Kier alpha value is -2.06. The first kappa shape index (κ1) is 20.7. The SMILES string of the molecule is CCCc1ccc(NCC2CCC(=O)N2CCSc2nc(C(=O)O)cs2)cc1. The molecular formula is C20H25N3O3S2. The summed E-state index contributed by atoms with van der Waals surface area (Å²) in [7, 11) is 0. The number of carbonyl (C=O) groups excluding carboxylic acids is 1. The van der Waals surface area contributed by atoms with E-state index in [1.54, 1.807) is 5.38 Å². The van der Waals surface area contributed by atoms with Gasteiger partial charge in [0, 0.05) is 42.4 Å². The number of carboxylic acids is 1. The summed E-state index contributed by atoms with van der Waals surface area (Å²) in [5, 5.41) is 13.9. The number of carbonyl (C=O) groups is 2. The second kappa shape index (κ2) is 9.93. The standard InChI is InChI=1S/C20H25N3O3S2/c1-2-3-14-4-6-15(7-5-14)21-12-16-8-9-18(24)23(16)10-11-27-20-22-17(13-28-20)19(25)26/h4-7,13,16,21H,2-3,8-12H2,1H3,(H,25,26). The highest BCUT2D eigenvalue weighted by Crippen LogP contribution is 2.25. The van der Waals surface area contributed by atoms with Crippen molar-refractivity contribution in [1.29, 1.82) is 0 Å². The first-order valence-corrected chi connectivity index (χ1v) is 11.4. The summed E-state index contributed by atoms with van der Waals surface area (Å²) in [5.74, 6) is -0.108. The van der Waals surface area contributed by atoms with E-state index in [0.717, 1.165) is 35.8 Å². The van der Waals surface area contributed by atoms with Crippen LogP contribution in [-0.2, 0) is 11.2 Å². The molecule has 3 rings (SSSR count). The first-order valence-electron chi connectivity index (χ1n) is 9.50. The van der Waals surface area contributed by atoms with Crippen LogP contribution in [-0.4, -0.2) is 51.8 Å². The van der Waals surface area contributed by atoms with Crippen LogP contribution in [0, 0.1) is 0 Å². The molecule has 6 nitrogen and oxygen atoms in total. The molecule has 2 aromatic rings. The lowest BCUT2D eigenvalue weighted by atomic mass is 10.1. The molecule has 1 unspecified atom stereocenters. The predicted octanol–water partition coefficient (Wildman–Crippen LogP) is 3.99. The minimum atomic E-state index is -1.01. The number of nitrogens with one attached hydrogen (secondary N) is 1. The molecule has 0 radical (unpaired) electrons. The van der Waals surface area contributed by atoms with Crippen LogP contribution in [0.1, 0.15) is 42.2 Å². The number of thiazole rings is 1. The first-order chi connectivity index (χ1) is 13.6. The number of hydrogen-bond donors (Lipinski definition) is 2. The molecule has 1 saturated heterocycles. The van der Waals surface area contributed by atoms with Gasteiger partial charge in [0.2, 0.25) is 5.91 Å². The van der Waals surface area contributed by atoms with Gasteiger partial charge in [0.1, 0.15) is 0 Å². The van der Waals surface area contributed by atoms with Crippen molar-refractivity contribution in [3.63, 3.8) is 0 Å². The third kappa shape index (κ3) is 5.48. The van der Waals surface area contributed by atoms with Crippen LogP contribution in [0.2, 0.25) is 0 Å². The summed E-state index contributed by atoms with van der Waals surface area (Å²) in [6.07, 6.45) is 3.69. The number of amides is 1. The second-order valence-corrected chi connectivity index (χ2v) is 8.96. The van der Waals surface area contributed by atoms with Crippen molar-refractivity contribution in [3.05, 3.63) is 40.9 Å². The van der Waals surface area contributed by atoms with E-state index in [-0.39, 0.29) is 17.6 Å². The van der Waals surface area contributed by atoms with Gasteiger partial charge in [-0.2, -0.15) is 0 Å². The van der Waals surface area contributed by atoms with E-state index in [2.05, 4.69) is 41.5 Å². The molecule has 150 valence electrons. The Morgan fingerprint density at radius 3 is 2.86 bits per heavy atom. The van der Waals surface area contributed by atoms with E-state index < -0.39 is 5.97 Å². The maximum absolute atomic E-state index is 12.2. The zero-order valence-electron chi connectivity index (χ0n) is 15.9. The maximum Gasteiger partial charge on any atom is 0.355 e. The van der Waals surface area contributed by atoms with Gasteiger partial charge in [-0.15, -0.1) is 11.3 Å². The normalized spacial score (nSPS) is 16.5. The summed E-state index contributed by atoms with van der Waals surface area (Å²) < 4.78 is 0.728. The Bertz CT molecular complexity index is 807. The quantitative estimate of drug-likeness (QED) is 0.567. The summed E-state index contributed by atoms with van der Waals surface area (Å²) in [5.41, 5.74) is 2.50. The van der Waals surface area contributed by atoms with Gasteiger partial charge in [-0.1, -0.05) is 37.2 Å². The molecule has 0 spiro atoms. The third-order valence-electron chi connectivity index (χ3n) is 4.75. The Morgan fingerprint density at radius 2 is 2.18 bits per heavy atom. The summed E-state index contributed by atoms with van der Waals surface area (Å²) in [4.78, 5) is 29.2. The highest BCUT2D eigenvalue weighted by molar-refractivity contribution is 8.01. The fourth-order valence-corrected chi connectivity index (χ4v) is 5.09. The minimum Gasteiger partial charge on any atom is -0.476 e. The van der Waals surface area contributed by atoms with Crippen molar-refractivity contribution in [1.82, 2.24) is 9.88 Å². The van der Waals surface area contributed by atoms with Crippen LogP contribution < -0.4 is 5.32 Å². The number of hydrogen-bond acceptors (Lipinski definition) is 6. The van der Waals surface area contributed by atoms with Crippen molar-refractivity contribution in [2.75, 3.05) is 24.2 Å². The molecule has 1 aliphatic rings. The molecule has 1 amide bonds. The fourth-order valence-electron chi connectivity index (χ4n) is 3.28. The van der Waals surface area contributed by atoms with E-state index in [0.29, 0.717) is 18.7 Å². The van der Waals surface area contributed by atoms with Gasteiger partial charge in [0.15, 0.2) is 10.0 Å². The van der Waals surface area contributed by atoms with Gasteiger partial charge in [-0.05, 0) is 30.5 Å². The van der Waals surface area contributed by atoms with Crippen LogP contribution in [0.3, 0.4) is 0 Å². The molecule has 2 heterocycles. The Morgan fingerprint density at radius 1 is 1.39 bits per heavy atom. The number of benzene rings is 1. The van der Waals surface area contributed by atoms with Crippen molar-refractivity contribution in [2.24, 2.45) is 0 Å². The Kier molecular flexibility index (Phi) is 7.33. The van der Waals surface area contributed by atoms with Crippen molar-refractivity contribution in [3.8, 4) is 0 Å². The number of nitrogens with zero attached hydrogens (tertiary/aromatic N) is 2. The lowest BCUT2D eigenvalue weighted by Gasteiger charge is -2.25. The maximum atomic E-state index is 12.2. The average Bonchev–Trinajstić information content (AvgIpc) is 3.29. The predicted molar refractivity (Wildman–Crippen MR) is 113 cm³/mol. The highest BCUT2D eigenvalue weighted by Gasteiger charge is 2.30. The number of likely N-dealkylation sites (tertiary alicyclic amines) is 1. The van der Waals surface area contributed by atoms with Crippen LogP contribution in [0.4, 0.5) is 5.69 Å². The Balaban J connectivity index is 1.47. The molecule has 1 aliphatic heterocycles. The van der Waals surface area contributed by atoms with E-state index in [4.69, 9.17) is 5.11 Å². The number of aryl methyl sites for hydroxylation is 1. The molecule has 1 fully saturated rings. The largest absolute Gasteiger partial charge is 0.476 e. The third-order valence-corrected chi connectivity index (χ3v) is 6.75. The lowest BCUT2D eigenvalue weighted by Crippen LogP contribution is -2.39. The topological polar surface area (TPSA) is 82.5 Å². The smallest absolute Gasteiger partial charge is 0.355 e. The molecule has 1 aromatic heterocycles. The number of thioether (sulfide) groups is 1. The fraction of sp³-hybridized carbons (Fsp3) is 0.450. The van der Waals surface area contributed by atoms with Crippen LogP contribution in [0.5, 0.6) is 0 Å². The van der Waals surface area contributed by atoms with Gasteiger partial charge in [0.25, 0.3) is 0 Å². The Labute approximate surface area is 173 Å². The molecular weight excluding hydrogens is 394 g/mol. The van der Waals surface area contributed by atoms with Gasteiger partial charge in [-0.3, -0.25) is 4.79 Å². The van der Waals surface area contributed by atoms with E-state index in [1.807, 2.05) is 4.90 Å². The summed E-state index contributed by atoms with van der Waals surface area (Å²) in [6, 6.07) is 8.70. The van der Waals surface area contributed by atoms with Crippen LogP contribution in [0.15, 0.2) is 34.0 Å². The minimum absolute atomic E-state index is 0.0804. The van der Waals surface area contributed by atoms with Gasteiger partial charge in [0.05, 0.1) is 0 Å². The van der Waals surface area contributed by atoms with Crippen LogP contribution >= 0.6 is 23.1 Å². The van der Waals surface area contributed by atoms with Crippen molar-refractivity contribution < 1.29 is 14.7 Å². The number of aromatic carboxylic acids is 1. The van der Waals surface area contributed by atoms with Crippen molar-refractivity contribution >= 4 is 40.7 Å². The number of rotatable bonds is 10.